The highest BCUT2D eigenvalue weighted by Gasteiger charge is 2.21. The summed E-state index contributed by atoms with van der Waals surface area (Å²) in [6, 6.07) is 11.7. The zero-order chi connectivity index (χ0) is 22.5. The molecule has 1 aliphatic rings. The number of rotatable bonds is 8. The summed E-state index contributed by atoms with van der Waals surface area (Å²) in [5, 5.41) is 10.5. The highest BCUT2D eigenvalue weighted by atomic mass is 16.5. The van der Waals surface area contributed by atoms with Crippen LogP contribution in [0.2, 0.25) is 0 Å². The third kappa shape index (κ3) is 5.71. The molecule has 2 aromatic carbocycles. The second-order valence-electron chi connectivity index (χ2n) is 8.31. The van der Waals surface area contributed by atoms with Crippen molar-refractivity contribution in [1.82, 2.24) is 4.90 Å². The lowest BCUT2D eigenvalue weighted by Gasteiger charge is -2.37. The van der Waals surface area contributed by atoms with Gasteiger partial charge in [-0.05, 0) is 57.0 Å². The fourth-order valence-corrected chi connectivity index (χ4v) is 4.08. The molecule has 1 heterocycles. The number of hydrogen-bond acceptors (Lipinski definition) is 6. The van der Waals surface area contributed by atoms with Gasteiger partial charge in [0.2, 0.25) is 0 Å². The molecule has 31 heavy (non-hydrogen) atoms. The van der Waals surface area contributed by atoms with E-state index in [-0.39, 0.29) is 18.2 Å². The first-order chi connectivity index (χ1) is 14.8. The Hall–Kier alpha value is -2.70. The topological polar surface area (TPSA) is 70.1 Å². The monoisotopic (exact) mass is 424 g/mol. The van der Waals surface area contributed by atoms with Crippen molar-refractivity contribution in [2.24, 2.45) is 0 Å². The molecule has 166 valence electrons. The van der Waals surface area contributed by atoms with E-state index in [1.54, 1.807) is 12.1 Å². The molecule has 1 fully saturated rings. The highest BCUT2D eigenvalue weighted by molar-refractivity contribution is 6.02. The number of anilines is 1. The number of carbonyl (C=O) groups is 2. The molecule has 1 saturated heterocycles. The van der Waals surface area contributed by atoms with Gasteiger partial charge in [-0.25, -0.2) is 0 Å². The fraction of sp³-hybridized carbons (Fsp3) is 0.440. The van der Waals surface area contributed by atoms with Gasteiger partial charge in [0.15, 0.2) is 11.6 Å². The first-order valence-corrected chi connectivity index (χ1v) is 10.8. The van der Waals surface area contributed by atoms with Gasteiger partial charge in [0.05, 0.1) is 5.56 Å². The van der Waals surface area contributed by atoms with Crippen molar-refractivity contribution >= 4 is 17.3 Å². The predicted molar refractivity (Wildman–Crippen MR) is 123 cm³/mol. The Morgan fingerprint density at radius 2 is 1.61 bits per heavy atom. The van der Waals surface area contributed by atoms with Crippen molar-refractivity contribution in [1.29, 1.82) is 0 Å². The molecule has 0 radical (unpaired) electrons. The van der Waals surface area contributed by atoms with Crippen LogP contribution in [0.25, 0.3) is 0 Å². The Balaban J connectivity index is 1.55. The molecule has 0 aliphatic carbocycles. The van der Waals surface area contributed by atoms with E-state index < -0.39 is 6.10 Å². The summed E-state index contributed by atoms with van der Waals surface area (Å²) >= 11 is 0. The van der Waals surface area contributed by atoms with Gasteiger partial charge in [0.25, 0.3) is 0 Å². The van der Waals surface area contributed by atoms with Crippen molar-refractivity contribution in [3.05, 3.63) is 58.7 Å². The summed E-state index contributed by atoms with van der Waals surface area (Å²) < 4.78 is 5.80. The summed E-state index contributed by atoms with van der Waals surface area (Å²) in [4.78, 5) is 28.4. The van der Waals surface area contributed by atoms with Crippen LogP contribution < -0.4 is 9.64 Å². The maximum atomic E-state index is 12.0. The number of carbonyl (C=O) groups excluding carboxylic acids is 2. The van der Waals surface area contributed by atoms with Gasteiger partial charge < -0.3 is 14.7 Å². The minimum absolute atomic E-state index is 0.0866. The number of ketones is 2. The van der Waals surface area contributed by atoms with E-state index in [2.05, 4.69) is 41.0 Å². The molecule has 0 amide bonds. The normalized spacial score (nSPS) is 15.6. The lowest BCUT2D eigenvalue weighted by Crippen LogP contribution is -2.49. The molecule has 2 aromatic rings. The average Bonchev–Trinajstić information content (AvgIpc) is 2.73. The van der Waals surface area contributed by atoms with E-state index in [0.29, 0.717) is 23.4 Å². The molecule has 0 bridgehead atoms. The summed E-state index contributed by atoms with van der Waals surface area (Å²) in [7, 11) is 0. The zero-order valence-corrected chi connectivity index (χ0v) is 18.9. The van der Waals surface area contributed by atoms with Crippen molar-refractivity contribution in [2.45, 2.75) is 33.8 Å². The fourth-order valence-electron chi connectivity index (χ4n) is 4.08. The minimum atomic E-state index is -0.669. The second kappa shape index (κ2) is 10.1. The third-order valence-corrected chi connectivity index (χ3v) is 5.81. The standard InChI is InChI=1S/C25H32N2O4/c1-17-7-5-6-8-24(17)27-11-9-26(10-12-27)15-21(30)16-31-25-13-18(2)22(19(3)28)14-23(25)20(4)29/h5-8,13-14,21,30H,9-12,15-16H2,1-4H3/t21-/m1/s1. The minimum Gasteiger partial charge on any atom is -0.490 e. The number of β-amino-alcohol motifs (C(OH)–C–C–N with tert-alkyl or cyclic N) is 1. The molecule has 1 aliphatic heterocycles. The number of aliphatic hydroxyl groups is 1. The van der Waals surface area contributed by atoms with Crippen molar-refractivity contribution in [3.8, 4) is 5.75 Å². The van der Waals surface area contributed by atoms with Crippen LogP contribution in [0, 0.1) is 13.8 Å². The SMILES string of the molecule is CC(=O)c1cc(C(C)=O)c(OC[C@H](O)CN2CCN(c3ccccc3C)CC2)cc1C. The maximum Gasteiger partial charge on any atom is 0.163 e. The second-order valence-corrected chi connectivity index (χ2v) is 8.31. The number of piperazine rings is 1. The van der Waals surface area contributed by atoms with Crippen LogP contribution in [0.3, 0.4) is 0 Å². The molecular formula is C25H32N2O4. The Morgan fingerprint density at radius 3 is 2.23 bits per heavy atom. The lowest BCUT2D eigenvalue weighted by molar-refractivity contribution is 0.0656. The third-order valence-electron chi connectivity index (χ3n) is 5.81. The first kappa shape index (κ1) is 23.0. The van der Waals surface area contributed by atoms with Gasteiger partial charge >= 0.3 is 0 Å². The van der Waals surface area contributed by atoms with Crippen LogP contribution in [0.15, 0.2) is 36.4 Å². The van der Waals surface area contributed by atoms with E-state index in [1.165, 1.54) is 25.1 Å². The summed E-state index contributed by atoms with van der Waals surface area (Å²) in [6.45, 7) is 11.1. The van der Waals surface area contributed by atoms with Crippen LogP contribution in [-0.4, -0.2) is 67.0 Å². The molecule has 0 unspecified atom stereocenters. The molecule has 6 nitrogen and oxygen atoms in total. The number of hydrogen-bond donors (Lipinski definition) is 1. The van der Waals surface area contributed by atoms with Crippen LogP contribution in [0.5, 0.6) is 5.75 Å². The molecule has 0 spiro atoms. The molecule has 1 atom stereocenters. The smallest absolute Gasteiger partial charge is 0.163 e. The molecular weight excluding hydrogens is 392 g/mol. The van der Waals surface area contributed by atoms with Crippen molar-refractivity contribution < 1.29 is 19.4 Å². The summed E-state index contributed by atoms with van der Waals surface area (Å²) in [6.07, 6.45) is -0.669. The number of aliphatic hydroxyl groups excluding tert-OH is 1. The quantitative estimate of drug-likeness (QED) is 0.656. The lowest BCUT2D eigenvalue weighted by atomic mass is 9.99. The van der Waals surface area contributed by atoms with Gasteiger partial charge in [-0.15, -0.1) is 0 Å². The van der Waals surface area contributed by atoms with Crippen LogP contribution in [-0.2, 0) is 0 Å². The Bertz CT molecular complexity index is 949. The van der Waals surface area contributed by atoms with Crippen molar-refractivity contribution in [3.63, 3.8) is 0 Å². The van der Waals surface area contributed by atoms with E-state index in [1.807, 2.05) is 6.92 Å². The van der Waals surface area contributed by atoms with Crippen LogP contribution >= 0.6 is 0 Å². The number of aryl methyl sites for hydroxylation is 2. The zero-order valence-electron chi connectivity index (χ0n) is 18.9. The average molecular weight is 425 g/mol. The van der Waals surface area contributed by atoms with Gasteiger partial charge in [0.1, 0.15) is 18.5 Å². The van der Waals surface area contributed by atoms with E-state index in [4.69, 9.17) is 4.74 Å². The Kier molecular flexibility index (Phi) is 7.46. The van der Waals surface area contributed by atoms with Gasteiger partial charge in [-0.3, -0.25) is 14.5 Å². The summed E-state index contributed by atoms with van der Waals surface area (Å²) in [5.74, 6) is 0.161. The molecule has 0 aromatic heterocycles. The number of ether oxygens (including phenoxy) is 1. The van der Waals surface area contributed by atoms with Crippen LogP contribution in [0.1, 0.15) is 45.7 Å². The number of benzene rings is 2. The molecule has 0 saturated carbocycles. The number of Topliss-reactive ketones (excluding diaryl/α,β-unsaturated/α-hetero) is 2. The van der Waals surface area contributed by atoms with Gasteiger partial charge in [-0.1, -0.05) is 18.2 Å². The molecule has 1 N–H and O–H groups in total. The number of nitrogens with zero attached hydrogens (tertiary/aromatic N) is 2. The Morgan fingerprint density at radius 1 is 0.968 bits per heavy atom. The van der Waals surface area contributed by atoms with Crippen LogP contribution in [0.4, 0.5) is 5.69 Å². The molecule has 6 heteroatoms. The van der Waals surface area contributed by atoms with Crippen molar-refractivity contribution in [2.75, 3.05) is 44.2 Å². The van der Waals surface area contributed by atoms with E-state index in [0.717, 1.165) is 31.7 Å². The number of para-hydroxylation sites is 1. The maximum absolute atomic E-state index is 12.0. The van der Waals surface area contributed by atoms with E-state index >= 15 is 0 Å². The summed E-state index contributed by atoms with van der Waals surface area (Å²) in [5.41, 5.74) is 4.19. The Labute approximate surface area is 184 Å². The van der Waals surface area contributed by atoms with Gasteiger partial charge in [0, 0.05) is 44.0 Å². The first-order valence-electron chi connectivity index (χ1n) is 10.8. The highest BCUT2D eigenvalue weighted by Crippen LogP contribution is 2.25. The van der Waals surface area contributed by atoms with E-state index in [9.17, 15) is 14.7 Å². The largest absolute Gasteiger partial charge is 0.490 e. The molecule has 3 rings (SSSR count). The van der Waals surface area contributed by atoms with Gasteiger partial charge in [-0.2, -0.15) is 0 Å². The predicted octanol–water partition coefficient (Wildman–Crippen LogP) is 3.27.